The molecule has 0 saturated heterocycles. The summed E-state index contributed by atoms with van der Waals surface area (Å²) < 4.78 is 33.0. The first-order valence-electron chi connectivity index (χ1n) is 28.4. The van der Waals surface area contributed by atoms with Gasteiger partial charge in [-0.1, -0.05) is 254 Å². The monoisotopic (exact) mass is 988 g/mol. The van der Waals surface area contributed by atoms with Crippen LogP contribution in [0.5, 0.6) is 0 Å². The lowest BCUT2D eigenvalue weighted by Gasteiger charge is -2.19. The van der Waals surface area contributed by atoms with Gasteiger partial charge in [0.2, 0.25) is 0 Å². The summed E-state index contributed by atoms with van der Waals surface area (Å²) in [5.41, 5.74) is 5.37. The zero-order valence-electron chi connectivity index (χ0n) is 44.5. The van der Waals surface area contributed by atoms with Crippen LogP contribution in [0.1, 0.15) is 258 Å². The van der Waals surface area contributed by atoms with E-state index in [1.54, 1.807) is 0 Å². The summed E-state index contributed by atoms with van der Waals surface area (Å²) in [4.78, 5) is 35.1. The van der Waals surface area contributed by atoms with Gasteiger partial charge in [-0.05, 0) is 64.2 Å². The molecule has 0 fully saturated rings. The van der Waals surface area contributed by atoms with Crippen LogP contribution in [0.4, 0.5) is 0 Å². The highest BCUT2D eigenvalue weighted by Crippen LogP contribution is 2.43. The molecule has 0 aliphatic carbocycles. The second kappa shape index (κ2) is 54.8. The van der Waals surface area contributed by atoms with Crippen LogP contribution in [0, 0.1) is 0 Å². The predicted octanol–water partition coefficient (Wildman–Crippen LogP) is 17.7. The van der Waals surface area contributed by atoms with Crippen LogP contribution < -0.4 is 5.73 Å². The first-order valence-corrected chi connectivity index (χ1v) is 29.9. The van der Waals surface area contributed by atoms with Crippen molar-refractivity contribution in [3.05, 3.63) is 72.9 Å². The Morgan fingerprint density at radius 1 is 0.449 bits per heavy atom. The maximum atomic E-state index is 12.7. The van der Waals surface area contributed by atoms with E-state index in [1.807, 2.05) is 0 Å². The Morgan fingerprint density at radius 3 is 1.19 bits per heavy atom. The molecular weight excluding hydrogens is 882 g/mol. The van der Waals surface area contributed by atoms with Crippen LogP contribution in [-0.4, -0.2) is 49.3 Å². The summed E-state index contributed by atoms with van der Waals surface area (Å²) in [5.74, 6) is -0.820. The molecule has 0 spiro atoms. The van der Waals surface area contributed by atoms with Crippen LogP contribution >= 0.6 is 7.82 Å². The van der Waals surface area contributed by atoms with Crippen molar-refractivity contribution in [2.75, 3.05) is 26.4 Å². The maximum Gasteiger partial charge on any atom is 0.472 e. The average molecular weight is 988 g/mol. The van der Waals surface area contributed by atoms with Gasteiger partial charge in [-0.2, -0.15) is 0 Å². The SMILES string of the molecule is CC/C=C\C/C=C\C/C=C\C/C=C\C/C=C\C/C=C\CCCCCCCCCCCCCCCCC(=O)OC(COC(=O)CCCCCCCCCCCCCCCCC)COP(=O)(O)OCCN. The van der Waals surface area contributed by atoms with Gasteiger partial charge in [0.1, 0.15) is 6.61 Å². The van der Waals surface area contributed by atoms with E-state index in [1.165, 1.54) is 148 Å². The zero-order valence-corrected chi connectivity index (χ0v) is 45.4. The van der Waals surface area contributed by atoms with E-state index in [-0.39, 0.29) is 38.6 Å². The Hall–Kier alpha value is -2.55. The van der Waals surface area contributed by atoms with Crippen molar-refractivity contribution < 1.29 is 37.6 Å². The molecule has 3 N–H and O–H groups in total. The third-order valence-corrected chi connectivity index (χ3v) is 13.1. The molecule has 0 saturated carbocycles. The normalized spacial score (nSPS) is 13.6. The van der Waals surface area contributed by atoms with Gasteiger partial charge >= 0.3 is 19.8 Å². The number of ether oxygens (including phenoxy) is 2. The van der Waals surface area contributed by atoms with E-state index in [4.69, 9.17) is 24.3 Å². The molecule has 0 aromatic carbocycles. The van der Waals surface area contributed by atoms with Gasteiger partial charge in [0.05, 0.1) is 13.2 Å². The molecule has 0 radical (unpaired) electrons. The van der Waals surface area contributed by atoms with Crippen molar-refractivity contribution in [2.24, 2.45) is 5.73 Å². The summed E-state index contributed by atoms with van der Waals surface area (Å²) in [6.07, 6.45) is 69.6. The first-order chi connectivity index (χ1) is 33.8. The van der Waals surface area contributed by atoms with Crippen molar-refractivity contribution >= 4 is 19.8 Å². The van der Waals surface area contributed by atoms with Gasteiger partial charge in [-0.25, -0.2) is 4.57 Å². The third-order valence-electron chi connectivity index (χ3n) is 12.1. The molecule has 0 rings (SSSR count). The van der Waals surface area contributed by atoms with Gasteiger partial charge in [-0.15, -0.1) is 0 Å². The first kappa shape index (κ1) is 66.5. The average Bonchev–Trinajstić information content (AvgIpc) is 3.34. The number of phosphoric acid groups is 1. The van der Waals surface area contributed by atoms with Crippen molar-refractivity contribution in [1.29, 1.82) is 0 Å². The van der Waals surface area contributed by atoms with Gasteiger partial charge < -0.3 is 20.1 Å². The highest BCUT2D eigenvalue weighted by molar-refractivity contribution is 7.47. The lowest BCUT2D eigenvalue weighted by Crippen LogP contribution is -2.29. The van der Waals surface area contributed by atoms with Crippen molar-refractivity contribution in [1.82, 2.24) is 0 Å². The number of unbranched alkanes of at least 4 members (excludes halogenated alkanes) is 28. The van der Waals surface area contributed by atoms with Gasteiger partial charge in [0.25, 0.3) is 0 Å². The van der Waals surface area contributed by atoms with E-state index >= 15 is 0 Å². The minimum atomic E-state index is -4.38. The summed E-state index contributed by atoms with van der Waals surface area (Å²) in [5, 5.41) is 0. The Balaban J connectivity index is 3.92. The molecule has 0 aliphatic rings. The Labute approximate surface area is 424 Å². The molecule has 400 valence electrons. The number of allylic oxidation sites excluding steroid dienone is 12. The number of phosphoric ester groups is 1. The molecule has 9 nitrogen and oxygen atoms in total. The standard InChI is InChI=1S/C59H106NO8P/c1-3-5-7-9-11-13-15-17-19-20-21-22-23-24-25-26-27-28-29-30-31-32-33-34-35-36-38-40-42-44-46-48-50-52-59(62)68-57(56-67-69(63,64)66-54-53-60)55-65-58(61)51-49-47-45-43-41-39-37-18-16-14-12-10-8-6-4-2/h5,7,11,13,17,19,21-22,24-25,27-28,57H,3-4,6,8-10,12,14-16,18,20,23,26,29-56,60H2,1-2H3,(H,63,64)/b7-5-,13-11-,19-17-,22-21-,25-24-,28-27-. The van der Waals surface area contributed by atoms with E-state index in [0.29, 0.717) is 6.42 Å². The fourth-order valence-corrected chi connectivity index (χ4v) is 8.70. The summed E-state index contributed by atoms with van der Waals surface area (Å²) >= 11 is 0. The van der Waals surface area contributed by atoms with Crippen LogP contribution in [0.15, 0.2) is 72.9 Å². The molecule has 0 aliphatic heterocycles. The number of esters is 2. The molecule has 0 aromatic rings. The van der Waals surface area contributed by atoms with Crippen molar-refractivity contribution in [3.63, 3.8) is 0 Å². The smallest absolute Gasteiger partial charge is 0.462 e. The second-order valence-corrected chi connectivity index (χ2v) is 20.2. The number of nitrogens with two attached hydrogens (primary N) is 1. The quantitative estimate of drug-likeness (QED) is 0.0264. The van der Waals surface area contributed by atoms with E-state index in [0.717, 1.165) is 77.0 Å². The topological polar surface area (TPSA) is 134 Å². The number of hydrogen-bond donors (Lipinski definition) is 2. The van der Waals surface area contributed by atoms with Crippen LogP contribution in [0.25, 0.3) is 0 Å². The van der Waals surface area contributed by atoms with E-state index in [9.17, 15) is 19.0 Å². The van der Waals surface area contributed by atoms with Crippen LogP contribution in [0.3, 0.4) is 0 Å². The molecule has 2 atom stereocenters. The minimum absolute atomic E-state index is 0.0529. The van der Waals surface area contributed by atoms with Crippen LogP contribution in [0.2, 0.25) is 0 Å². The third kappa shape index (κ3) is 54.6. The zero-order chi connectivity index (χ0) is 50.2. The molecule has 0 aromatic heterocycles. The van der Waals surface area contributed by atoms with Gasteiger partial charge in [-0.3, -0.25) is 18.6 Å². The Kier molecular flexibility index (Phi) is 52.8. The molecule has 0 bridgehead atoms. The Bertz CT molecular complexity index is 1360. The molecule has 10 heteroatoms. The summed E-state index contributed by atoms with van der Waals surface area (Å²) in [6, 6.07) is 0. The van der Waals surface area contributed by atoms with E-state index in [2.05, 4.69) is 86.8 Å². The van der Waals surface area contributed by atoms with Crippen molar-refractivity contribution in [3.8, 4) is 0 Å². The molecule has 2 unspecified atom stereocenters. The summed E-state index contributed by atoms with van der Waals surface area (Å²) in [7, 11) is -4.38. The second-order valence-electron chi connectivity index (χ2n) is 18.8. The largest absolute Gasteiger partial charge is 0.472 e. The maximum absolute atomic E-state index is 12.7. The minimum Gasteiger partial charge on any atom is -0.462 e. The number of rotatable bonds is 53. The molecular formula is C59H106NO8P. The molecule has 0 amide bonds. The number of hydrogen-bond acceptors (Lipinski definition) is 8. The molecule has 69 heavy (non-hydrogen) atoms. The van der Waals surface area contributed by atoms with Gasteiger partial charge in [0.15, 0.2) is 6.10 Å². The Morgan fingerprint density at radius 2 is 0.797 bits per heavy atom. The number of carbonyl (C=O) groups is 2. The lowest BCUT2D eigenvalue weighted by atomic mass is 10.0. The highest BCUT2D eigenvalue weighted by Gasteiger charge is 2.26. The lowest BCUT2D eigenvalue weighted by molar-refractivity contribution is -0.161. The summed E-state index contributed by atoms with van der Waals surface area (Å²) in [6.45, 7) is 3.65. The van der Waals surface area contributed by atoms with Crippen LogP contribution in [-0.2, 0) is 32.7 Å². The van der Waals surface area contributed by atoms with E-state index < -0.39 is 26.5 Å². The fourth-order valence-electron chi connectivity index (χ4n) is 7.93. The van der Waals surface area contributed by atoms with Gasteiger partial charge in [0, 0.05) is 19.4 Å². The van der Waals surface area contributed by atoms with Crippen molar-refractivity contribution in [2.45, 2.75) is 264 Å². The fraction of sp³-hybridized carbons (Fsp3) is 0.763. The molecule has 0 heterocycles. The number of carbonyl (C=O) groups excluding carboxylic acids is 2. The highest BCUT2D eigenvalue weighted by atomic mass is 31.2. The predicted molar refractivity (Wildman–Crippen MR) is 293 cm³/mol.